The van der Waals surface area contributed by atoms with Gasteiger partial charge in [-0.15, -0.1) is 0 Å². The summed E-state index contributed by atoms with van der Waals surface area (Å²) in [5.41, 5.74) is 3.16. The molecule has 0 spiro atoms. The first-order valence-corrected chi connectivity index (χ1v) is 15.3. The van der Waals surface area contributed by atoms with Gasteiger partial charge in [0.1, 0.15) is 23.4 Å². The smallest absolute Gasteiger partial charge is 0.408 e. The van der Waals surface area contributed by atoms with E-state index in [0.717, 1.165) is 27.5 Å². The van der Waals surface area contributed by atoms with E-state index >= 15 is 0 Å². The molecule has 45 heavy (non-hydrogen) atoms. The fraction of sp³-hybridized carbons (Fsp3) is 0.324. The van der Waals surface area contributed by atoms with Crippen LogP contribution in [0.1, 0.15) is 62.4 Å². The molecule has 0 aliphatic rings. The normalized spacial score (nSPS) is 12.7. The lowest BCUT2D eigenvalue weighted by Crippen LogP contribution is -2.53. The van der Waals surface area contributed by atoms with Crippen molar-refractivity contribution in [1.82, 2.24) is 10.2 Å². The Morgan fingerprint density at radius 2 is 1.58 bits per heavy atom. The van der Waals surface area contributed by atoms with E-state index in [0.29, 0.717) is 17.7 Å². The summed E-state index contributed by atoms with van der Waals surface area (Å²) in [5.74, 6) is -0.688. The Morgan fingerprint density at radius 1 is 0.889 bits per heavy atom. The minimum absolute atomic E-state index is 0.0923. The predicted octanol–water partition coefficient (Wildman–Crippen LogP) is 7.22. The van der Waals surface area contributed by atoms with E-state index < -0.39 is 29.7 Å². The van der Waals surface area contributed by atoms with E-state index in [1.165, 1.54) is 12.1 Å². The molecule has 0 aromatic heterocycles. The number of amides is 3. The molecule has 0 aliphatic carbocycles. The Morgan fingerprint density at radius 3 is 2.24 bits per heavy atom. The van der Waals surface area contributed by atoms with Crippen molar-refractivity contribution in [3.8, 4) is 5.75 Å². The first-order valence-electron chi connectivity index (χ1n) is 15.3. The second-order valence-corrected chi connectivity index (χ2v) is 12.3. The number of anilines is 1. The molecule has 0 aliphatic heterocycles. The Balaban J connectivity index is 1.76. The number of rotatable bonds is 10. The molecule has 0 heterocycles. The summed E-state index contributed by atoms with van der Waals surface area (Å²) in [6, 6.07) is 23.8. The van der Waals surface area contributed by atoms with Gasteiger partial charge in [0.15, 0.2) is 0 Å². The Hall–Kier alpha value is -4.85. The molecule has 4 aromatic carbocycles. The summed E-state index contributed by atoms with van der Waals surface area (Å²) in [7, 11) is 0. The zero-order chi connectivity index (χ0) is 32.7. The zero-order valence-electron chi connectivity index (χ0n) is 26.9. The second-order valence-electron chi connectivity index (χ2n) is 12.3. The van der Waals surface area contributed by atoms with Gasteiger partial charge in [0, 0.05) is 18.7 Å². The summed E-state index contributed by atoms with van der Waals surface area (Å²) in [6.07, 6.45) is -0.0287. The van der Waals surface area contributed by atoms with Gasteiger partial charge < -0.3 is 25.4 Å². The molecule has 0 radical (unpaired) electrons. The molecule has 0 fully saturated rings. The van der Waals surface area contributed by atoms with Crippen molar-refractivity contribution in [3.63, 3.8) is 0 Å². The molecule has 0 saturated heterocycles. The van der Waals surface area contributed by atoms with Crippen molar-refractivity contribution >= 4 is 34.4 Å². The summed E-state index contributed by atoms with van der Waals surface area (Å²) in [5, 5.41) is 17.7. The summed E-state index contributed by atoms with van der Waals surface area (Å²) < 4.78 is 5.52. The lowest BCUT2D eigenvalue weighted by atomic mass is 9.94. The van der Waals surface area contributed by atoms with Gasteiger partial charge in [-0.2, -0.15) is 0 Å². The van der Waals surface area contributed by atoms with Gasteiger partial charge in [-0.05, 0) is 98.3 Å². The molecule has 236 valence electrons. The van der Waals surface area contributed by atoms with Crippen molar-refractivity contribution in [1.29, 1.82) is 0 Å². The number of nitrogens with zero attached hydrogens (tertiary/aromatic N) is 1. The lowest BCUT2D eigenvalue weighted by molar-refractivity contribution is -0.140. The monoisotopic (exact) mass is 609 g/mol. The van der Waals surface area contributed by atoms with Gasteiger partial charge in [0.05, 0.1) is 0 Å². The number of hydrogen-bond donors (Lipinski definition) is 3. The highest BCUT2D eigenvalue weighted by Crippen LogP contribution is 2.30. The summed E-state index contributed by atoms with van der Waals surface area (Å²) in [4.78, 5) is 43.4. The Bertz CT molecular complexity index is 1660. The zero-order valence-corrected chi connectivity index (χ0v) is 26.9. The number of aromatic hydroxyl groups is 1. The second kappa shape index (κ2) is 14.3. The fourth-order valence-electron chi connectivity index (χ4n) is 5.32. The maximum atomic E-state index is 14.6. The number of carbonyl (C=O) groups is 3. The Labute approximate surface area is 265 Å². The van der Waals surface area contributed by atoms with Gasteiger partial charge in [0.2, 0.25) is 5.91 Å². The highest BCUT2D eigenvalue weighted by molar-refractivity contribution is 6.00. The number of alkyl carbamates (subject to hydrolysis) is 1. The molecule has 3 N–H and O–H groups in total. The number of fused-ring (bicyclic) bond motifs is 1. The average Bonchev–Trinajstić information content (AvgIpc) is 2.98. The van der Waals surface area contributed by atoms with E-state index in [1.54, 1.807) is 37.8 Å². The molecule has 2 unspecified atom stereocenters. The average molecular weight is 610 g/mol. The first-order chi connectivity index (χ1) is 21.4. The minimum atomic E-state index is -1.04. The maximum absolute atomic E-state index is 14.6. The summed E-state index contributed by atoms with van der Waals surface area (Å²) in [6.45, 7) is 11.4. The van der Waals surface area contributed by atoms with Gasteiger partial charge in [0.25, 0.3) is 5.91 Å². The highest BCUT2D eigenvalue weighted by atomic mass is 16.6. The van der Waals surface area contributed by atoms with Crippen LogP contribution >= 0.6 is 0 Å². The molecule has 8 nitrogen and oxygen atoms in total. The molecule has 8 heteroatoms. The number of benzene rings is 4. The molecular formula is C37H43N3O5. The third-order valence-electron chi connectivity index (χ3n) is 7.63. The van der Waals surface area contributed by atoms with Crippen molar-refractivity contribution in [2.45, 2.75) is 72.1 Å². The number of aryl methyl sites for hydroxylation is 1. The number of carbonyl (C=O) groups excluding carboxylic acids is 3. The minimum Gasteiger partial charge on any atom is -0.508 e. The largest absolute Gasteiger partial charge is 0.508 e. The topological polar surface area (TPSA) is 108 Å². The number of ether oxygens (including phenoxy) is 1. The van der Waals surface area contributed by atoms with Crippen LogP contribution in [0.15, 0.2) is 84.9 Å². The van der Waals surface area contributed by atoms with Crippen molar-refractivity contribution in [3.05, 3.63) is 107 Å². The van der Waals surface area contributed by atoms with Crippen LogP contribution in [0.2, 0.25) is 0 Å². The predicted molar refractivity (Wildman–Crippen MR) is 178 cm³/mol. The standard InChI is InChI=1S/C37H43N3O5/c1-7-21-40(35(43)32(39-36(44)45-37(4,5)6)22-26-15-19-30(41)20-16-26)33(31-14-10-11-24(2)25(31)3)34(42)38-29-18-17-27-12-8-9-13-28(27)23-29/h8-20,23,32-33,41H,7,21-22H2,1-6H3,(H,38,42)(H,39,44). The fourth-order valence-corrected chi connectivity index (χ4v) is 5.32. The third-order valence-corrected chi connectivity index (χ3v) is 7.63. The number of phenolic OH excluding ortho intramolecular Hbond substituents is 1. The van der Waals surface area contributed by atoms with E-state index in [1.807, 2.05) is 81.4 Å². The number of phenols is 1. The molecule has 2 atom stereocenters. The molecular weight excluding hydrogens is 566 g/mol. The van der Waals surface area contributed by atoms with Crippen LogP contribution in [0.3, 0.4) is 0 Å². The van der Waals surface area contributed by atoms with Crippen LogP contribution in [-0.2, 0) is 20.7 Å². The number of nitrogens with one attached hydrogen (secondary N) is 2. The summed E-state index contributed by atoms with van der Waals surface area (Å²) >= 11 is 0. The Kier molecular flexibility index (Phi) is 10.5. The molecule has 4 aromatic rings. The van der Waals surface area contributed by atoms with Crippen LogP contribution in [0.5, 0.6) is 5.75 Å². The van der Waals surface area contributed by atoms with Crippen LogP contribution in [-0.4, -0.2) is 46.1 Å². The van der Waals surface area contributed by atoms with E-state index in [4.69, 9.17) is 4.74 Å². The van der Waals surface area contributed by atoms with E-state index in [9.17, 15) is 19.5 Å². The lowest BCUT2D eigenvalue weighted by Gasteiger charge is -2.35. The SMILES string of the molecule is CCCN(C(=O)C(Cc1ccc(O)cc1)NC(=O)OC(C)(C)C)C(C(=O)Nc1ccc2ccccc2c1)c1cccc(C)c1C. The quantitative estimate of drug-likeness (QED) is 0.176. The number of hydrogen-bond acceptors (Lipinski definition) is 5. The van der Waals surface area contributed by atoms with E-state index in [2.05, 4.69) is 10.6 Å². The van der Waals surface area contributed by atoms with Gasteiger partial charge in [-0.25, -0.2) is 4.79 Å². The van der Waals surface area contributed by atoms with Crippen LogP contribution in [0.25, 0.3) is 10.8 Å². The highest BCUT2D eigenvalue weighted by Gasteiger charge is 2.37. The van der Waals surface area contributed by atoms with E-state index in [-0.39, 0.29) is 24.6 Å². The van der Waals surface area contributed by atoms with Crippen LogP contribution in [0.4, 0.5) is 10.5 Å². The maximum Gasteiger partial charge on any atom is 0.408 e. The molecule has 4 rings (SSSR count). The van der Waals surface area contributed by atoms with Crippen LogP contribution < -0.4 is 10.6 Å². The first kappa shape index (κ1) is 33.1. The molecule has 0 saturated carbocycles. The van der Waals surface area contributed by atoms with Crippen molar-refractivity contribution in [2.24, 2.45) is 0 Å². The van der Waals surface area contributed by atoms with Crippen molar-refractivity contribution < 1.29 is 24.2 Å². The third kappa shape index (κ3) is 8.62. The van der Waals surface area contributed by atoms with Gasteiger partial charge in [-0.3, -0.25) is 9.59 Å². The molecule has 3 amide bonds. The van der Waals surface area contributed by atoms with Gasteiger partial charge >= 0.3 is 6.09 Å². The van der Waals surface area contributed by atoms with Crippen molar-refractivity contribution in [2.75, 3.05) is 11.9 Å². The van der Waals surface area contributed by atoms with Gasteiger partial charge in [-0.1, -0.05) is 67.6 Å². The van der Waals surface area contributed by atoms with Crippen LogP contribution in [0, 0.1) is 13.8 Å². The molecule has 0 bridgehead atoms.